The number of esters is 1. The molecule has 11 nitrogen and oxygen atoms in total. The molecule has 19 atom stereocenters. The number of methoxy groups -OCH3 is 2. The second-order valence-electron chi connectivity index (χ2n) is 17.1. The van der Waals surface area contributed by atoms with Crippen LogP contribution in [0.5, 0.6) is 0 Å². The van der Waals surface area contributed by atoms with E-state index in [0.29, 0.717) is 24.5 Å². The SMILES string of the molecule is CCOC1C(OC)[C@H](O[C@@H]2C[C@H]3[C@H](C)[C@@H](O)[C@@H]4[C@@H](C=C5C(=O)[C@H](C)[C@@H](O[C@H]6CC[C@H](C)C(C)O6)CCC[C@H](CC)OC(=O)C[C@H]54)[C@@H]3C2)OC(C)[C@@H]1OC. The molecule has 302 valence electrons. The first-order valence-corrected chi connectivity index (χ1v) is 20.8. The van der Waals surface area contributed by atoms with Gasteiger partial charge in [-0.3, -0.25) is 9.59 Å². The highest BCUT2D eigenvalue weighted by Gasteiger charge is 2.58. The monoisotopic (exact) mass is 748 g/mol. The van der Waals surface area contributed by atoms with Gasteiger partial charge in [-0.2, -0.15) is 0 Å². The fourth-order valence-corrected chi connectivity index (χ4v) is 10.9. The Morgan fingerprint density at radius 3 is 2.26 bits per heavy atom. The molecule has 4 unspecified atom stereocenters. The van der Waals surface area contributed by atoms with E-state index in [2.05, 4.69) is 26.8 Å². The van der Waals surface area contributed by atoms with E-state index in [-0.39, 0.29) is 96.8 Å². The molecule has 0 aromatic rings. The Labute approximate surface area is 317 Å². The number of carbonyl (C=O) groups excluding carboxylic acids is 2. The average molecular weight is 749 g/mol. The third kappa shape index (κ3) is 8.48. The van der Waals surface area contributed by atoms with Gasteiger partial charge in [-0.25, -0.2) is 0 Å². The lowest BCUT2D eigenvalue weighted by Crippen LogP contribution is -2.60. The lowest BCUT2D eigenvalue weighted by atomic mass is 9.61. The molecule has 0 aromatic carbocycles. The minimum atomic E-state index is -0.682. The maximum Gasteiger partial charge on any atom is 0.306 e. The van der Waals surface area contributed by atoms with Crippen molar-refractivity contribution >= 4 is 11.8 Å². The normalized spacial score (nSPS) is 48.1. The van der Waals surface area contributed by atoms with E-state index >= 15 is 0 Å². The van der Waals surface area contributed by atoms with Gasteiger partial charge in [0, 0.05) is 32.7 Å². The zero-order valence-electron chi connectivity index (χ0n) is 33.6. The molecule has 3 saturated heterocycles. The number of hydrogen-bond donors (Lipinski definition) is 1. The van der Waals surface area contributed by atoms with Crippen LogP contribution in [-0.4, -0.2) is 105 Å². The molecule has 0 spiro atoms. The molecule has 5 fully saturated rings. The molecule has 11 heteroatoms. The van der Waals surface area contributed by atoms with Gasteiger partial charge in [0.15, 0.2) is 18.4 Å². The highest BCUT2D eigenvalue weighted by molar-refractivity contribution is 5.99. The number of aliphatic hydroxyl groups excluding tert-OH is 1. The molecule has 53 heavy (non-hydrogen) atoms. The summed E-state index contributed by atoms with van der Waals surface area (Å²) in [5, 5.41) is 12.1. The van der Waals surface area contributed by atoms with E-state index in [9.17, 15) is 14.7 Å². The van der Waals surface area contributed by atoms with Gasteiger partial charge in [0.25, 0.3) is 0 Å². The van der Waals surface area contributed by atoms with E-state index in [1.165, 1.54) is 0 Å². The van der Waals surface area contributed by atoms with Gasteiger partial charge in [-0.05, 0) is 113 Å². The minimum absolute atomic E-state index is 0.0106. The second-order valence-corrected chi connectivity index (χ2v) is 17.1. The van der Waals surface area contributed by atoms with E-state index in [0.717, 1.165) is 44.9 Å². The Morgan fingerprint density at radius 1 is 0.849 bits per heavy atom. The lowest BCUT2D eigenvalue weighted by Gasteiger charge is -2.46. The molecule has 0 radical (unpaired) electrons. The summed E-state index contributed by atoms with van der Waals surface area (Å²) in [6, 6.07) is 0. The van der Waals surface area contributed by atoms with Crippen LogP contribution in [-0.2, 0) is 47.5 Å². The van der Waals surface area contributed by atoms with Gasteiger partial charge in [-0.15, -0.1) is 0 Å². The topological polar surface area (TPSA) is 128 Å². The Balaban J connectivity index is 1.25. The summed E-state index contributed by atoms with van der Waals surface area (Å²) in [7, 11) is 3.30. The number of ketones is 1. The minimum Gasteiger partial charge on any atom is -0.462 e. The zero-order valence-corrected chi connectivity index (χ0v) is 33.6. The summed E-state index contributed by atoms with van der Waals surface area (Å²) in [5.74, 6) is -0.695. The zero-order chi connectivity index (χ0) is 38.1. The first-order valence-electron chi connectivity index (χ1n) is 20.8. The first-order chi connectivity index (χ1) is 25.4. The fraction of sp³-hybridized carbons (Fsp3) is 0.905. The average Bonchev–Trinajstić information content (AvgIpc) is 3.72. The van der Waals surface area contributed by atoms with Crippen molar-refractivity contribution in [3.63, 3.8) is 0 Å². The first kappa shape index (κ1) is 41.2. The maximum atomic E-state index is 14.7. The van der Waals surface area contributed by atoms with E-state index in [1.807, 2.05) is 27.7 Å². The quantitative estimate of drug-likeness (QED) is 0.278. The van der Waals surface area contributed by atoms with Crippen LogP contribution in [0.25, 0.3) is 0 Å². The number of Topliss-reactive ketones (excluding diaryl/α,β-unsaturated/α-hetero) is 1. The summed E-state index contributed by atoms with van der Waals surface area (Å²) >= 11 is 0. The van der Waals surface area contributed by atoms with Crippen molar-refractivity contribution < 1.29 is 52.6 Å². The van der Waals surface area contributed by atoms with Crippen molar-refractivity contribution in [1.29, 1.82) is 0 Å². The number of hydrogen-bond acceptors (Lipinski definition) is 11. The van der Waals surface area contributed by atoms with Crippen molar-refractivity contribution in [1.82, 2.24) is 0 Å². The van der Waals surface area contributed by atoms with Gasteiger partial charge in [0.05, 0.1) is 36.9 Å². The molecule has 3 aliphatic heterocycles. The van der Waals surface area contributed by atoms with Crippen molar-refractivity contribution in [3.8, 4) is 0 Å². The van der Waals surface area contributed by atoms with Gasteiger partial charge >= 0.3 is 5.97 Å². The molecule has 2 saturated carbocycles. The van der Waals surface area contributed by atoms with Crippen molar-refractivity contribution in [2.75, 3.05) is 20.8 Å². The lowest BCUT2D eigenvalue weighted by molar-refractivity contribution is -0.317. The van der Waals surface area contributed by atoms with E-state index < -0.39 is 30.3 Å². The van der Waals surface area contributed by atoms with Crippen LogP contribution < -0.4 is 0 Å². The van der Waals surface area contributed by atoms with Crippen LogP contribution in [0, 0.1) is 47.3 Å². The predicted octanol–water partition coefficient (Wildman–Crippen LogP) is 6.02. The maximum absolute atomic E-state index is 14.7. The standard InChI is InChI=1S/C42H68O11/c1-10-26-13-12-14-33(53-35-16-15-21(3)24(6)49-35)23(5)37(44)32-19-30-29-18-27(17-28(29)22(4)38(45)36(30)31(32)20-34(43)51-26)52-42-41(47-9)40(48-11-2)39(46-8)25(7)50-42/h19,21-31,33,35-36,38-42,45H,10-18,20H2,1-9H3/t21-,22-,23+,24?,25?,26-,27+,28-,29+,30-,31+,33-,35-,36+,38+,39-,40?,41?,42-/m0/s1. The van der Waals surface area contributed by atoms with Crippen LogP contribution in [0.15, 0.2) is 11.6 Å². The number of rotatable bonds is 9. The molecular weight excluding hydrogens is 680 g/mol. The van der Waals surface area contributed by atoms with Gasteiger partial charge in [0.1, 0.15) is 24.4 Å². The Bertz CT molecular complexity index is 1270. The summed E-state index contributed by atoms with van der Waals surface area (Å²) in [6.45, 7) is 14.9. The molecule has 0 amide bonds. The smallest absolute Gasteiger partial charge is 0.306 e. The van der Waals surface area contributed by atoms with Crippen molar-refractivity contribution in [3.05, 3.63) is 11.6 Å². The molecule has 6 aliphatic rings. The van der Waals surface area contributed by atoms with Crippen LogP contribution in [0.4, 0.5) is 0 Å². The predicted molar refractivity (Wildman–Crippen MR) is 197 cm³/mol. The summed E-state index contributed by atoms with van der Waals surface area (Å²) in [6.07, 6.45) is 4.85. The van der Waals surface area contributed by atoms with Crippen LogP contribution in [0.2, 0.25) is 0 Å². The number of ether oxygens (including phenoxy) is 8. The molecule has 1 N–H and O–H groups in total. The Hall–Kier alpha value is -1.44. The fourth-order valence-electron chi connectivity index (χ4n) is 10.9. The van der Waals surface area contributed by atoms with Crippen molar-refractivity contribution in [2.24, 2.45) is 47.3 Å². The third-order valence-corrected chi connectivity index (χ3v) is 14.1. The molecule has 6 rings (SSSR count). The molecular formula is C42H68O11. The van der Waals surface area contributed by atoms with Gasteiger partial charge in [0.2, 0.25) is 0 Å². The summed E-state index contributed by atoms with van der Waals surface area (Å²) < 4.78 is 49.9. The van der Waals surface area contributed by atoms with Crippen molar-refractivity contribution in [2.45, 2.75) is 174 Å². The number of aliphatic hydroxyl groups is 1. The Kier molecular flexibility index (Phi) is 13.8. The van der Waals surface area contributed by atoms with Gasteiger partial charge < -0.3 is 43.0 Å². The molecule has 0 aromatic heterocycles. The number of fused-ring (bicyclic) bond motifs is 5. The Morgan fingerprint density at radius 2 is 1.58 bits per heavy atom. The molecule has 0 bridgehead atoms. The van der Waals surface area contributed by atoms with Crippen LogP contribution in [0.1, 0.15) is 106 Å². The number of carbonyl (C=O) groups is 2. The van der Waals surface area contributed by atoms with E-state index in [1.54, 1.807) is 14.2 Å². The highest BCUT2D eigenvalue weighted by Crippen LogP contribution is 2.58. The summed E-state index contributed by atoms with van der Waals surface area (Å²) in [4.78, 5) is 28.3. The molecule has 3 heterocycles. The van der Waals surface area contributed by atoms with Crippen LogP contribution in [0.3, 0.4) is 0 Å². The van der Waals surface area contributed by atoms with Gasteiger partial charge in [-0.1, -0.05) is 33.8 Å². The second kappa shape index (κ2) is 17.8. The third-order valence-electron chi connectivity index (χ3n) is 14.1. The van der Waals surface area contributed by atoms with E-state index in [4.69, 9.17) is 37.9 Å². The van der Waals surface area contributed by atoms with Crippen LogP contribution >= 0.6 is 0 Å². The number of cyclic esters (lactones) is 1. The number of allylic oxidation sites excluding steroid dienone is 2. The molecule has 3 aliphatic carbocycles. The summed E-state index contributed by atoms with van der Waals surface area (Å²) in [5.41, 5.74) is 0.656. The largest absolute Gasteiger partial charge is 0.462 e. The highest BCUT2D eigenvalue weighted by atomic mass is 16.7.